The van der Waals surface area contributed by atoms with Crippen molar-refractivity contribution in [1.82, 2.24) is 10.6 Å². The number of nitrogens with one attached hydrogen (secondary N) is 2. The van der Waals surface area contributed by atoms with E-state index in [1.807, 2.05) is 19.9 Å². The predicted octanol–water partition coefficient (Wildman–Crippen LogP) is 2.50. The van der Waals surface area contributed by atoms with Crippen LogP contribution in [0.3, 0.4) is 0 Å². The molecular weight excluding hydrogens is 412 g/mol. The molecule has 0 fully saturated rings. The number of hydrogen-bond donors (Lipinski definition) is 3. The molecule has 2 atom stereocenters. The molecule has 8 nitrogen and oxygen atoms in total. The van der Waals surface area contributed by atoms with Crippen LogP contribution < -0.4 is 10.6 Å². The maximum atomic E-state index is 13.7. The highest BCUT2D eigenvalue weighted by atomic mass is 16.6. The lowest BCUT2D eigenvalue weighted by Gasteiger charge is -2.36. The summed E-state index contributed by atoms with van der Waals surface area (Å²) in [7, 11) is 1.20. The molecule has 32 heavy (non-hydrogen) atoms. The third-order valence-corrected chi connectivity index (χ3v) is 5.64. The van der Waals surface area contributed by atoms with Crippen molar-refractivity contribution >= 4 is 17.8 Å². The van der Waals surface area contributed by atoms with E-state index in [0.717, 1.165) is 0 Å². The molecule has 0 aliphatic carbocycles. The summed E-state index contributed by atoms with van der Waals surface area (Å²) in [6, 6.07) is 9.03. The SMILES string of the molecule is COC(=O)[C@@](Cc1ccccc1)(NC(=O)OC(C)(C)C)C1=CN[C@](CCO)(C(C)C)C1=O. The summed E-state index contributed by atoms with van der Waals surface area (Å²) >= 11 is 0. The van der Waals surface area contributed by atoms with Crippen molar-refractivity contribution in [2.45, 2.75) is 64.1 Å². The predicted molar refractivity (Wildman–Crippen MR) is 120 cm³/mol. The van der Waals surface area contributed by atoms with Gasteiger partial charge in [0.1, 0.15) is 11.1 Å². The van der Waals surface area contributed by atoms with Crippen molar-refractivity contribution in [2.24, 2.45) is 5.92 Å². The number of methoxy groups -OCH3 is 1. The number of aliphatic hydroxyl groups is 1. The molecule has 176 valence electrons. The second-order valence-electron chi connectivity index (χ2n) is 9.32. The highest BCUT2D eigenvalue weighted by Gasteiger charge is 2.56. The standard InChI is InChI=1S/C24H34N2O6/c1-16(2)23(12-13-27)19(28)18(15-25-23)24(20(29)31-6,14-17-10-8-7-9-11-17)26-21(30)32-22(3,4)5/h7-11,15-16,25,27H,12-14H2,1-6H3,(H,26,30)/t23-,24+/m1/s1. The number of hydrogen-bond acceptors (Lipinski definition) is 7. The van der Waals surface area contributed by atoms with E-state index >= 15 is 0 Å². The lowest BCUT2D eigenvalue weighted by atomic mass is 9.74. The number of carbonyl (C=O) groups excluding carboxylic acids is 3. The number of aliphatic hydroxyl groups excluding tert-OH is 1. The quantitative estimate of drug-likeness (QED) is 0.526. The first kappa shape index (κ1) is 25.4. The van der Waals surface area contributed by atoms with Gasteiger partial charge in [0.05, 0.1) is 12.7 Å². The van der Waals surface area contributed by atoms with Gasteiger partial charge in [-0.25, -0.2) is 9.59 Å². The zero-order valence-electron chi connectivity index (χ0n) is 19.7. The number of alkyl carbamates (subject to hydrolysis) is 1. The average molecular weight is 447 g/mol. The number of carbonyl (C=O) groups is 3. The fraction of sp³-hybridized carbons (Fsp3) is 0.542. The summed E-state index contributed by atoms with van der Waals surface area (Å²) in [5.41, 5.74) is -2.97. The van der Waals surface area contributed by atoms with Gasteiger partial charge in [-0.3, -0.25) is 4.79 Å². The van der Waals surface area contributed by atoms with Crippen LogP contribution in [-0.2, 0) is 25.5 Å². The summed E-state index contributed by atoms with van der Waals surface area (Å²) in [6.07, 6.45) is 0.733. The van der Waals surface area contributed by atoms with Crippen molar-refractivity contribution in [3.8, 4) is 0 Å². The Bertz CT molecular complexity index is 874. The van der Waals surface area contributed by atoms with Crippen LogP contribution in [0.25, 0.3) is 0 Å². The van der Waals surface area contributed by atoms with E-state index in [1.165, 1.54) is 13.3 Å². The molecule has 8 heteroatoms. The molecule has 1 heterocycles. The first-order chi connectivity index (χ1) is 14.9. The van der Waals surface area contributed by atoms with Crippen LogP contribution in [0.2, 0.25) is 0 Å². The number of benzene rings is 1. The molecule has 1 aliphatic heterocycles. The number of esters is 1. The van der Waals surface area contributed by atoms with E-state index in [2.05, 4.69) is 10.6 Å². The number of amides is 1. The maximum absolute atomic E-state index is 13.7. The van der Waals surface area contributed by atoms with Crippen molar-refractivity contribution in [1.29, 1.82) is 0 Å². The minimum absolute atomic E-state index is 0.0215. The van der Waals surface area contributed by atoms with Gasteiger partial charge in [-0.2, -0.15) is 0 Å². The molecular formula is C24H34N2O6. The van der Waals surface area contributed by atoms with Crippen molar-refractivity contribution in [3.05, 3.63) is 47.7 Å². The summed E-state index contributed by atoms with van der Waals surface area (Å²) in [5, 5.41) is 15.4. The zero-order chi connectivity index (χ0) is 24.2. The lowest BCUT2D eigenvalue weighted by molar-refractivity contribution is -0.148. The number of ether oxygens (including phenoxy) is 2. The molecule has 0 saturated heterocycles. The Morgan fingerprint density at radius 2 is 1.81 bits per heavy atom. The molecule has 0 saturated carbocycles. The third kappa shape index (κ3) is 5.12. The van der Waals surface area contributed by atoms with Gasteiger partial charge < -0.3 is 25.2 Å². The first-order valence-corrected chi connectivity index (χ1v) is 10.7. The number of rotatable bonds is 8. The Balaban J connectivity index is 2.61. The van der Waals surface area contributed by atoms with Gasteiger partial charge in [0, 0.05) is 25.6 Å². The second kappa shape index (κ2) is 9.73. The fourth-order valence-electron chi connectivity index (χ4n) is 3.96. The van der Waals surface area contributed by atoms with Crippen LogP contribution in [0.4, 0.5) is 4.79 Å². The Kier molecular flexibility index (Phi) is 7.72. The van der Waals surface area contributed by atoms with Crippen LogP contribution >= 0.6 is 0 Å². The minimum Gasteiger partial charge on any atom is -0.467 e. The molecule has 0 radical (unpaired) electrons. The molecule has 1 aromatic carbocycles. The van der Waals surface area contributed by atoms with E-state index in [9.17, 15) is 19.5 Å². The van der Waals surface area contributed by atoms with Gasteiger partial charge in [0.2, 0.25) is 0 Å². The summed E-state index contributed by atoms with van der Waals surface area (Å²) in [4.78, 5) is 39.8. The highest BCUT2D eigenvalue weighted by molar-refractivity contribution is 6.12. The maximum Gasteiger partial charge on any atom is 0.408 e. The molecule has 0 bridgehead atoms. The van der Waals surface area contributed by atoms with E-state index in [0.29, 0.717) is 5.56 Å². The lowest BCUT2D eigenvalue weighted by Crippen LogP contribution is -2.61. The molecule has 1 aliphatic rings. The van der Waals surface area contributed by atoms with E-state index in [4.69, 9.17) is 9.47 Å². The van der Waals surface area contributed by atoms with E-state index < -0.39 is 28.7 Å². The molecule has 1 aromatic rings. The Morgan fingerprint density at radius 3 is 2.31 bits per heavy atom. The fourth-order valence-corrected chi connectivity index (χ4v) is 3.96. The molecule has 0 aromatic heterocycles. The van der Waals surface area contributed by atoms with Crippen molar-refractivity contribution < 1.29 is 29.0 Å². The molecule has 2 rings (SSSR count). The number of Topliss-reactive ketones (excluding diaryl/α,β-unsaturated/α-hetero) is 1. The normalized spacial score (nSPS) is 20.2. The minimum atomic E-state index is -1.82. The van der Waals surface area contributed by atoms with Crippen LogP contribution in [0.1, 0.15) is 46.6 Å². The number of ketones is 1. The average Bonchev–Trinajstić information content (AvgIpc) is 3.04. The van der Waals surface area contributed by atoms with Crippen LogP contribution in [0.15, 0.2) is 42.1 Å². The summed E-state index contributed by atoms with van der Waals surface area (Å²) < 4.78 is 10.5. The molecule has 0 spiro atoms. The molecule has 0 unspecified atom stereocenters. The van der Waals surface area contributed by atoms with Crippen LogP contribution in [-0.4, -0.2) is 53.3 Å². The third-order valence-electron chi connectivity index (χ3n) is 5.64. The van der Waals surface area contributed by atoms with E-state index in [1.54, 1.807) is 45.0 Å². The molecule has 1 amide bonds. The topological polar surface area (TPSA) is 114 Å². The summed E-state index contributed by atoms with van der Waals surface area (Å²) in [6.45, 7) is 8.61. The van der Waals surface area contributed by atoms with E-state index in [-0.39, 0.29) is 36.7 Å². The van der Waals surface area contributed by atoms with Crippen LogP contribution in [0.5, 0.6) is 0 Å². The van der Waals surface area contributed by atoms with Crippen LogP contribution in [0, 0.1) is 5.92 Å². The second-order valence-corrected chi connectivity index (χ2v) is 9.32. The van der Waals surface area contributed by atoms with Gasteiger partial charge in [0.25, 0.3) is 0 Å². The van der Waals surface area contributed by atoms with Gasteiger partial charge in [-0.15, -0.1) is 0 Å². The monoisotopic (exact) mass is 446 g/mol. The van der Waals surface area contributed by atoms with Crippen molar-refractivity contribution in [3.63, 3.8) is 0 Å². The highest BCUT2D eigenvalue weighted by Crippen LogP contribution is 2.37. The first-order valence-electron chi connectivity index (χ1n) is 10.7. The van der Waals surface area contributed by atoms with Crippen molar-refractivity contribution in [2.75, 3.05) is 13.7 Å². The van der Waals surface area contributed by atoms with Gasteiger partial charge in [-0.1, -0.05) is 44.2 Å². The Morgan fingerprint density at radius 1 is 1.19 bits per heavy atom. The zero-order valence-corrected chi connectivity index (χ0v) is 19.7. The summed E-state index contributed by atoms with van der Waals surface area (Å²) in [5.74, 6) is -1.36. The Hall–Kier alpha value is -2.87. The Labute approximate surface area is 189 Å². The van der Waals surface area contributed by atoms with Gasteiger partial charge in [0.15, 0.2) is 11.3 Å². The van der Waals surface area contributed by atoms with Gasteiger partial charge >= 0.3 is 12.1 Å². The smallest absolute Gasteiger partial charge is 0.408 e. The largest absolute Gasteiger partial charge is 0.467 e. The molecule has 3 N–H and O–H groups in total. The van der Waals surface area contributed by atoms with Gasteiger partial charge in [-0.05, 0) is 32.3 Å².